The van der Waals surface area contributed by atoms with E-state index in [4.69, 9.17) is 10.5 Å². The van der Waals surface area contributed by atoms with E-state index in [2.05, 4.69) is 21.2 Å². The zero-order valence-electron chi connectivity index (χ0n) is 11.4. The van der Waals surface area contributed by atoms with Crippen LogP contribution < -0.4 is 15.8 Å². The molecule has 0 bridgehead atoms. The van der Waals surface area contributed by atoms with Crippen LogP contribution in [0.5, 0.6) is 5.75 Å². The maximum Gasteiger partial charge on any atom is 0.239 e. The predicted molar refractivity (Wildman–Crippen MR) is 80.1 cm³/mol. The number of amides is 1. The quantitative estimate of drug-likeness (QED) is 0.756. The Kier molecular flexibility index (Phi) is 6.31. The van der Waals surface area contributed by atoms with E-state index in [1.54, 1.807) is 6.92 Å². The van der Waals surface area contributed by atoms with Gasteiger partial charge in [0.1, 0.15) is 12.4 Å². The SMILES string of the molecule is CCCC(C)(N)C(=O)NCCOc1cccc(Br)c1. The van der Waals surface area contributed by atoms with Crippen molar-refractivity contribution < 1.29 is 9.53 Å². The molecule has 0 heterocycles. The van der Waals surface area contributed by atoms with E-state index < -0.39 is 5.54 Å². The van der Waals surface area contributed by atoms with Gasteiger partial charge in [0.2, 0.25) is 5.91 Å². The van der Waals surface area contributed by atoms with E-state index in [9.17, 15) is 4.79 Å². The summed E-state index contributed by atoms with van der Waals surface area (Å²) in [5.41, 5.74) is 5.12. The van der Waals surface area contributed by atoms with Crippen molar-refractivity contribution in [2.24, 2.45) is 5.73 Å². The van der Waals surface area contributed by atoms with Gasteiger partial charge in [0.15, 0.2) is 0 Å². The maximum absolute atomic E-state index is 11.8. The molecule has 106 valence electrons. The summed E-state index contributed by atoms with van der Waals surface area (Å²) in [6.07, 6.45) is 1.56. The highest BCUT2D eigenvalue weighted by atomic mass is 79.9. The Morgan fingerprint density at radius 1 is 1.53 bits per heavy atom. The zero-order chi connectivity index (χ0) is 14.3. The van der Waals surface area contributed by atoms with Crippen molar-refractivity contribution in [3.8, 4) is 5.75 Å². The van der Waals surface area contributed by atoms with Crippen LogP contribution >= 0.6 is 15.9 Å². The van der Waals surface area contributed by atoms with Gasteiger partial charge < -0.3 is 15.8 Å². The summed E-state index contributed by atoms with van der Waals surface area (Å²) < 4.78 is 6.49. The molecule has 1 unspecified atom stereocenters. The van der Waals surface area contributed by atoms with E-state index in [1.165, 1.54) is 0 Å². The lowest BCUT2D eigenvalue weighted by molar-refractivity contribution is -0.126. The van der Waals surface area contributed by atoms with E-state index in [-0.39, 0.29) is 5.91 Å². The Bertz CT molecular complexity index is 422. The largest absolute Gasteiger partial charge is 0.492 e. The Hall–Kier alpha value is -1.07. The van der Waals surface area contributed by atoms with Gasteiger partial charge in [0.05, 0.1) is 12.1 Å². The molecule has 0 saturated heterocycles. The molecule has 0 radical (unpaired) electrons. The van der Waals surface area contributed by atoms with Crippen LogP contribution in [0.4, 0.5) is 0 Å². The van der Waals surface area contributed by atoms with Gasteiger partial charge in [-0.2, -0.15) is 0 Å². The van der Waals surface area contributed by atoms with Gasteiger partial charge in [-0.05, 0) is 31.5 Å². The minimum Gasteiger partial charge on any atom is -0.492 e. The molecule has 0 saturated carbocycles. The smallest absolute Gasteiger partial charge is 0.239 e. The predicted octanol–water partition coefficient (Wildman–Crippen LogP) is 2.46. The number of halogens is 1. The van der Waals surface area contributed by atoms with Crippen LogP contribution in [-0.4, -0.2) is 24.6 Å². The lowest BCUT2D eigenvalue weighted by atomic mass is 9.97. The molecule has 0 fully saturated rings. The van der Waals surface area contributed by atoms with Crippen molar-refractivity contribution in [1.82, 2.24) is 5.32 Å². The summed E-state index contributed by atoms with van der Waals surface area (Å²) in [6, 6.07) is 7.58. The Morgan fingerprint density at radius 2 is 2.26 bits per heavy atom. The van der Waals surface area contributed by atoms with Gasteiger partial charge in [-0.1, -0.05) is 35.3 Å². The molecule has 1 amide bonds. The number of carbonyl (C=O) groups excluding carboxylic acids is 1. The fourth-order valence-electron chi connectivity index (χ4n) is 1.73. The average Bonchev–Trinajstić information content (AvgIpc) is 2.34. The van der Waals surface area contributed by atoms with Crippen molar-refractivity contribution in [3.63, 3.8) is 0 Å². The normalized spacial score (nSPS) is 13.7. The lowest BCUT2D eigenvalue weighted by Crippen LogP contribution is -2.52. The second kappa shape index (κ2) is 7.50. The summed E-state index contributed by atoms with van der Waals surface area (Å²) in [7, 11) is 0. The molecular weight excluding hydrogens is 308 g/mol. The molecule has 0 spiro atoms. The molecule has 1 aromatic rings. The van der Waals surface area contributed by atoms with Gasteiger partial charge in [-0.3, -0.25) is 4.79 Å². The third-order valence-electron chi connectivity index (χ3n) is 2.74. The van der Waals surface area contributed by atoms with Gasteiger partial charge in [-0.15, -0.1) is 0 Å². The number of rotatable bonds is 7. The number of nitrogens with one attached hydrogen (secondary N) is 1. The zero-order valence-corrected chi connectivity index (χ0v) is 13.0. The molecule has 1 aromatic carbocycles. The number of hydrogen-bond acceptors (Lipinski definition) is 3. The van der Waals surface area contributed by atoms with Crippen molar-refractivity contribution in [2.45, 2.75) is 32.2 Å². The average molecular weight is 329 g/mol. The molecule has 19 heavy (non-hydrogen) atoms. The first-order valence-electron chi connectivity index (χ1n) is 6.41. The molecule has 0 aliphatic carbocycles. The minimum atomic E-state index is -0.801. The third-order valence-corrected chi connectivity index (χ3v) is 3.23. The molecule has 1 rings (SSSR count). The number of nitrogens with two attached hydrogens (primary N) is 1. The van der Waals surface area contributed by atoms with Crippen LogP contribution in [0.3, 0.4) is 0 Å². The van der Waals surface area contributed by atoms with Crippen LogP contribution in [0.1, 0.15) is 26.7 Å². The molecule has 5 heteroatoms. The monoisotopic (exact) mass is 328 g/mol. The van der Waals surface area contributed by atoms with Crippen LogP contribution in [-0.2, 0) is 4.79 Å². The van der Waals surface area contributed by atoms with Gasteiger partial charge in [-0.25, -0.2) is 0 Å². The number of carbonyl (C=O) groups is 1. The van der Waals surface area contributed by atoms with E-state index in [1.807, 2.05) is 31.2 Å². The minimum absolute atomic E-state index is 0.132. The first kappa shape index (κ1) is 16.0. The highest BCUT2D eigenvalue weighted by molar-refractivity contribution is 9.10. The Morgan fingerprint density at radius 3 is 2.89 bits per heavy atom. The third kappa shape index (κ3) is 5.61. The van der Waals surface area contributed by atoms with Crippen LogP contribution in [0.2, 0.25) is 0 Å². The summed E-state index contributed by atoms with van der Waals surface area (Å²) in [6.45, 7) is 4.63. The molecule has 0 aromatic heterocycles. The van der Waals surface area contributed by atoms with E-state index in [0.717, 1.165) is 16.6 Å². The van der Waals surface area contributed by atoms with Crippen molar-refractivity contribution in [3.05, 3.63) is 28.7 Å². The standard InChI is InChI=1S/C14H21BrN2O2/c1-3-7-14(2,16)13(18)17-8-9-19-12-6-4-5-11(15)10-12/h4-6,10H,3,7-9,16H2,1-2H3,(H,17,18). The number of benzene rings is 1. The first-order valence-corrected chi connectivity index (χ1v) is 7.20. The lowest BCUT2D eigenvalue weighted by Gasteiger charge is -2.22. The summed E-state index contributed by atoms with van der Waals surface area (Å²) in [5.74, 6) is 0.639. The Balaban J connectivity index is 2.29. The van der Waals surface area contributed by atoms with Crippen molar-refractivity contribution >= 4 is 21.8 Å². The molecule has 4 nitrogen and oxygen atoms in total. The van der Waals surface area contributed by atoms with Crippen molar-refractivity contribution in [2.75, 3.05) is 13.2 Å². The topological polar surface area (TPSA) is 64.4 Å². The fraction of sp³-hybridized carbons (Fsp3) is 0.500. The fourth-order valence-corrected chi connectivity index (χ4v) is 2.10. The summed E-state index contributed by atoms with van der Waals surface area (Å²) >= 11 is 3.37. The van der Waals surface area contributed by atoms with Crippen LogP contribution in [0.25, 0.3) is 0 Å². The molecule has 3 N–H and O–H groups in total. The maximum atomic E-state index is 11.8. The summed E-state index contributed by atoms with van der Waals surface area (Å²) in [5, 5.41) is 2.79. The molecule has 0 aliphatic heterocycles. The second-order valence-electron chi connectivity index (χ2n) is 4.73. The first-order chi connectivity index (χ1) is 8.95. The molecule has 1 atom stereocenters. The summed E-state index contributed by atoms with van der Waals surface area (Å²) in [4.78, 5) is 11.8. The van der Waals surface area contributed by atoms with E-state index in [0.29, 0.717) is 19.6 Å². The van der Waals surface area contributed by atoms with Crippen LogP contribution in [0.15, 0.2) is 28.7 Å². The molecular formula is C14H21BrN2O2. The second-order valence-corrected chi connectivity index (χ2v) is 5.64. The number of ether oxygens (including phenoxy) is 1. The highest BCUT2D eigenvalue weighted by Gasteiger charge is 2.26. The van der Waals surface area contributed by atoms with Gasteiger partial charge in [0, 0.05) is 4.47 Å². The van der Waals surface area contributed by atoms with Gasteiger partial charge in [0.25, 0.3) is 0 Å². The number of hydrogen-bond donors (Lipinski definition) is 2. The van der Waals surface area contributed by atoms with Gasteiger partial charge >= 0.3 is 0 Å². The molecule has 0 aliphatic rings. The van der Waals surface area contributed by atoms with E-state index >= 15 is 0 Å². The van der Waals surface area contributed by atoms with Crippen LogP contribution in [0, 0.1) is 0 Å². The Labute approximate surface area is 122 Å². The van der Waals surface area contributed by atoms with Crippen molar-refractivity contribution in [1.29, 1.82) is 0 Å². The highest BCUT2D eigenvalue weighted by Crippen LogP contribution is 2.17.